The van der Waals surface area contributed by atoms with Crippen molar-refractivity contribution < 1.29 is 0 Å². The lowest BCUT2D eigenvalue weighted by atomic mass is 9.79. The van der Waals surface area contributed by atoms with Crippen molar-refractivity contribution >= 4 is 6.34 Å². The summed E-state index contributed by atoms with van der Waals surface area (Å²) in [5, 5.41) is 3.77. The van der Waals surface area contributed by atoms with Gasteiger partial charge in [0.2, 0.25) is 0 Å². The summed E-state index contributed by atoms with van der Waals surface area (Å²) in [6, 6.07) is 0.746. The molecule has 0 aromatic rings. The van der Waals surface area contributed by atoms with Crippen LogP contribution in [-0.2, 0) is 0 Å². The summed E-state index contributed by atoms with van der Waals surface area (Å²) in [6.07, 6.45) is 15.0. The highest BCUT2D eigenvalue weighted by Gasteiger charge is 2.52. The molecule has 18 heavy (non-hydrogen) atoms. The maximum Gasteiger partial charge on any atom is 0.0917 e. The average Bonchev–Trinajstić information content (AvgIpc) is 3.09. The molecule has 2 saturated carbocycles. The fraction of sp³-hybridized carbons (Fsp3) is 0.667. The lowest BCUT2D eigenvalue weighted by Gasteiger charge is -2.33. The molecule has 0 saturated heterocycles. The summed E-state index contributed by atoms with van der Waals surface area (Å²) in [6.45, 7) is 1.94. The monoisotopic (exact) mass is 243 g/mol. The molecule has 0 radical (unpaired) electrons. The predicted molar refractivity (Wildman–Crippen MR) is 73.1 cm³/mol. The quantitative estimate of drug-likeness (QED) is 0.768. The number of nitrogens with one attached hydrogen (secondary N) is 1. The van der Waals surface area contributed by atoms with Crippen molar-refractivity contribution in [3.63, 3.8) is 0 Å². The number of allylic oxidation sites excluding steroid dienone is 2. The Labute approximate surface area is 109 Å². The minimum Gasteiger partial charge on any atom is -0.346 e. The highest BCUT2D eigenvalue weighted by atomic mass is 15.2. The normalized spacial score (nSPS) is 44.0. The van der Waals surface area contributed by atoms with Crippen molar-refractivity contribution in [2.45, 2.75) is 25.3 Å². The van der Waals surface area contributed by atoms with E-state index in [9.17, 15) is 0 Å². The second-order valence-electron chi connectivity index (χ2n) is 6.19. The van der Waals surface area contributed by atoms with Crippen LogP contribution in [-0.4, -0.2) is 30.5 Å². The number of hydrogen-bond acceptors (Lipinski definition) is 3. The third-order valence-electron chi connectivity index (χ3n) is 5.32. The van der Waals surface area contributed by atoms with Gasteiger partial charge in [0, 0.05) is 18.8 Å². The molecule has 3 aliphatic carbocycles. The van der Waals surface area contributed by atoms with Gasteiger partial charge in [0.25, 0.3) is 0 Å². The van der Waals surface area contributed by atoms with E-state index in [2.05, 4.69) is 33.4 Å². The van der Waals surface area contributed by atoms with Crippen LogP contribution >= 0.6 is 0 Å². The molecule has 4 aliphatic rings. The Hall–Kier alpha value is -1.09. The third kappa shape index (κ3) is 1.64. The molecular weight excluding hydrogens is 222 g/mol. The largest absolute Gasteiger partial charge is 0.346 e. The molecule has 1 heterocycles. The van der Waals surface area contributed by atoms with E-state index in [1.807, 2.05) is 12.5 Å². The summed E-state index contributed by atoms with van der Waals surface area (Å²) < 4.78 is 0. The first kappa shape index (κ1) is 10.8. The average molecular weight is 243 g/mol. The van der Waals surface area contributed by atoms with Crippen molar-refractivity contribution in [2.75, 3.05) is 13.2 Å². The molecule has 0 spiro atoms. The van der Waals surface area contributed by atoms with Gasteiger partial charge in [-0.15, -0.1) is 0 Å². The Bertz CT molecular complexity index is 412. The van der Waals surface area contributed by atoms with E-state index >= 15 is 0 Å². The van der Waals surface area contributed by atoms with E-state index in [1.54, 1.807) is 0 Å². The van der Waals surface area contributed by atoms with E-state index in [1.165, 1.54) is 19.3 Å². The fourth-order valence-electron chi connectivity index (χ4n) is 4.56. The molecule has 5 unspecified atom stereocenters. The van der Waals surface area contributed by atoms with E-state index in [0.717, 1.165) is 42.9 Å². The Kier molecular flexibility index (Phi) is 2.54. The SMILES string of the molecule is C1=CC2C3CC(NCN4C=NC=CC4)C(C3)C2C1. The first-order chi connectivity index (χ1) is 8.92. The van der Waals surface area contributed by atoms with E-state index in [0.29, 0.717) is 0 Å². The van der Waals surface area contributed by atoms with Crippen LogP contribution in [0.2, 0.25) is 0 Å². The highest BCUT2D eigenvalue weighted by molar-refractivity contribution is 5.57. The first-order valence-electron chi connectivity index (χ1n) is 7.24. The van der Waals surface area contributed by atoms with Crippen LogP contribution in [0.1, 0.15) is 19.3 Å². The minimum atomic E-state index is 0.746. The molecule has 2 bridgehead atoms. The topological polar surface area (TPSA) is 27.6 Å². The molecular formula is C15H21N3. The van der Waals surface area contributed by atoms with Gasteiger partial charge < -0.3 is 4.90 Å². The van der Waals surface area contributed by atoms with Crippen LogP contribution in [0.4, 0.5) is 0 Å². The molecule has 96 valence electrons. The summed E-state index contributed by atoms with van der Waals surface area (Å²) >= 11 is 0. The van der Waals surface area contributed by atoms with Crippen molar-refractivity contribution in [1.29, 1.82) is 0 Å². The Morgan fingerprint density at radius 1 is 1.22 bits per heavy atom. The van der Waals surface area contributed by atoms with Crippen molar-refractivity contribution in [2.24, 2.45) is 28.7 Å². The van der Waals surface area contributed by atoms with Crippen molar-refractivity contribution in [3.05, 3.63) is 24.4 Å². The van der Waals surface area contributed by atoms with Crippen LogP contribution in [0.3, 0.4) is 0 Å². The van der Waals surface area contributed by atoms with Gasteiger partial charge in [-0.05, 0) is 49.0 Å². The molecule has 2 fully saturated rings. The zero-order valence-corrected chi connectivity index (χ0v) is 10.7. The van der Waals surface area contributed by atoms with Crippen LogP contribution in [0, 0.1) is 23.7 Å². The summed E-state index contributed by atoms with van der Waals surface area (Å²) in [5.74, 6) is 3.77. The van der Waals surface area contributed by atoms with Gasteiger partial charge in [0.05, 0.1) is 13.0 Å². The zero-order valence-electron chi connectivity index (χ0n) is 10.7. The Balaban J connectivity index is 1.35. The molecule has 0 amide bonds. The number of hydrogen-bond donors (Lipinski definition) is 1. The van der Waals surface area contributed by atoms with Crippen LogP contribution in [0.5, 0.6) is 0 Å². The molecule has 0 aromatic carbocycles. The van der Waals surface area contributed by atoms with Gasteiger partial charge in [-0.2, -0.15) is 0 Å². The van der Waals surface area contributed by atoms with Crippen molar-refractivity contribution in [1.82, 2.24) is 10.2 Å². The molecule has 3 nitrogen and oxygen atoms in total. The van der Waals surface area contributed by atoms with E-state index in [-0.39, 0.29) is 0 Å². The maximum absolute atomic E-state index is 4.18. The zero-order chi connectivity index (χ0) is 11.9. The van der Waals surface area contributed by atoms with Crippen LogP contribution in [0.25, 0.3) is 0 Å². The van der Waals surface area contributed by atoms with E-state index in [4.69, 9.17) is 0 Å². The molecule has 4 rings (SSSR count). The summed E-state index contributed by atoms with van der Waals surface area (Å²) in [4.78, 5) is 6.42. The molecule has 1 aliphatic heterocycles. The fourth-order valence-corrected chi connectivity index (χ4v) is 4.56. The third-order valence-corrected chi connectivity index (χ3v) is 5.32. The van der Waals surface area contributed by atoms with Crippen LogP contribution < -0.4 is 5.32 Å². The van der Waals surface area contributed by atoms with E-state index < -0.39 is 0 Å². The number of fused-ring (bicyclic) bond motifs is 5. The van der Waals surface area contributed by atoms with Gasteiger partial charge in [0.1, 0.15) is 0 Å². The standard InChI is InChI=1S/C15H21N3/c1-3-12-11-7-14(13(12)4-1)15(8-11)17-10-18-6-2-5-16-9-18/h1-3,5,9,11-15,17H,4,6-8,10H2. The molecule has 5 atom stereocenters. The van der Waals surface area contributed by atoms with Gasteiger partial charge in [-0.1, -0.05) is 12.2 Å². The van der Waals surface area contributed by atoms with Gasteiger partial charge in [-0.25, -0.2) is 4.99 Å². The summed E-state index contributed by atoms with van der Waals surface area (Å²) in [5.41, 5.74) is 0. The first-order valence-corrected chi connectivity index (χ1v) is 7.24. The Morgan fingerprint density at radius 2 is 2.22 bits per heavy atom. The number of nitrogens with zero attached hydrogens (tertiary/aromatic N) is 2. The maximum atomic E-state index is 4.18. The lowest BCUT2D eigenvalue weighted by Crippen LogP contribution is -2.45. The van der Waals surface area contributed by atoms with Crippen LogP contribution in [0.15, 0.2) is 29.4 Å². The predicted octanol–water partition coefficient (Wildman–Crippen LogP) is 1.99. The smallest absolute Gasteiger partial charge is 0.0917 e. The van der Waals surface area contributed by atoms with Gasteiger partial charge in [0.15, 0.2) is 0 Å². The number of aliphatic imine (C=N–C) groups is 1. The summed E-state index contributed by atoms with van der Waals surface area (Å²) in [7, 11) is 0. The minimum absolute atomic E-state index is 0.746. The second kappa shape index (κ2) is 4.23. The lowest BCUT2D eigenvalue weighted by molar-refractivity contribution is 0.212. The van der Waals surface area contributed by atoms with Gasteiger partial charge in [-0.3, -0.25) is 5.32 Å². The van der Waals surface area contributed by atoms with Gasteiger partial charge >= 0.3 is 0 Å². The second-order valence-corrected chi connectivity index (χ2v) is 6.19. The highest BCUT2D eigenvalue weighted by Crippen LogP contribution is 2.56. The van der Waals surface area contributed by atoms with Crippen molar-refractivity contribution in [3.8, 4) is 0 Å². The molecule has 0 aromatic heterocycles. The number of rotatable bonds is 3. The molecule has 3 heteroatoms. The Morgan fingerprint density at radius 3 is 3.11 bits per heavy atom. The molecule has 1 N–H and O–H groups in total.